The molecule has 0 bridgehead atoms. The van der Waals surface area contributed by atoms with Gasteiger partial charge in [0.2, 0.25) is 0 Å². The van der Waals surface area contributed by atoms with Crippen molar-refractivity contribution in [2.24, 2.45) is 9.98 Å². The van der Waals surface area contributed by atoms with Gasteiger partial charge in [-0.25, -0.2) is 4.99 Å². The minimum atomic E-state index is -0.877. The minimum absolute atomic E-state index is 0.524. The molecular formula is C105H64N11-. The van der Waals surface area contributed by atoms with Crippen LogP contribution < -0.4 is 0 Å². The number of aromatic nitrogens is 8. The van der Waals surface area contributed by atoms with E-state index in [-0.39, 0.29) is 0 Å². The van der Waals surface area contributed by atoms with Gasteiger partial charge in [-0.3, -0.25) is 0 Å². The normalized spacial score (nSPS) is 13.6. The van der Waals surface area contributed by atoms with E-state index < -0.39 is 6.29 Å². The van der Waals surface area contributed by atoms with E-state index in [4.69, 9.17) is 15.3 Å². The van der Waals surface area contributed by atoms with Crippen LogP contribution in [0.1, 0.15) is 11.9 Å². The number of benzene rings is 17. The summed E-state index contributed by atoms with van der Waals surface area (Å²) in [6.07, 6.45) is -0.877. The number of nitrogens with zero attached hydrogens (tertiary/aromatic N) is 11. The van der Waals surface area contributed by atoms with E-state index in [9.17, 15) is 0 Å². The average Bonchev–Trinajstić information content (AvgIpc) is 1.53. The van der Waals surface area contributed by atoms with E-state index in [0.29, 0.717) is 11.8 Å². The molecule has 17 aromatic carbocycles. The predicted molar refractivity (Wildman–Crippen MR) is 483 cm³/mol. The van der Waals surface area contributed by atoms with Crippen LogP contribution in [-0.2, 0) is 0 Å². The number of hydrogen-bond donors (Lipinski definition) is 0. The third-order valence-electron chi connectivity index (χ3n) is 24.8. The van der Waals surface area contributed by atoms with Crippen LogP contribution in [0, 0.1) is 0 Å². The highest BCUT2D eigenvalue weighted by atomic mass is 15.4. The van der Waals surface area contributed by atoms with Gasteiger partial charge < -0.3 is 46.8 Å². The molecule has 25 aromatic rings. The molecule has 0 fully saturated rings. The fourth-order valence-corrected chi connectivity index (χ4v) is 20.1. The lowest BCUT2D eigenvalue weighted by atomic mass is 10.1. The average molecular weight is 1480 g/mol. The first-order chi connectivity index (χ1) is 57.6. The molecule has 0 saturated heterocycles. The topological polar surface area (TPSA) is 78.3 Å². The summed E-state index contributed by atoms with van der Waals surface area (Å²) in [5.41, 5.74) is 24.7. The summed E-state index contributed by atoms with van der Waals surface area (Å²) in [5, 5.41) is 24.5. The Bertz CT molecular complexity index is 8600. The fraction of sp³-hybridized carbons (Fsp3) is 0.00952. The molecule has 1 atom stereocenters. The van der Waals surface area contributed by atoms with Crippen molar-refractivity contribution in [1.29, 1.82) is 0 Å². The number of amidine groups is 1. The highest BCUT2D eigenvalue weighted by molar-refractivity contribution is 6.33. The second-order valence-corrected chi connectivity index (χ2v) is 30.7. The van der Waals surface area contributed by atoms with E-state index >= 15 is 0 Å². The van der Waals surface area contributed by atoms with Crippen molar-refractivity contribution in [2.45, 2.75) is 6.29 Å². The zero-order chi connectivity index (χ0) is 75.5. The molecule has 0 N–H and O–H groups in total. The second-order valence-electron chi connectivity index (χ2n) is 30.7. The van der Waals surface area contributed by atoms with Crippen molar-refractivity contribution in [3.05, 3.63) is 393 Å². The maximum absolute atomic E-state index is 6.10. The van der Waals surface area contributed by atoms with Crippen LogP contribution in [0.3, 0.4) is 0 Å². The standard InChI is InChI=1S/C105H64N11/c1-6-29-64(30-7-1)103-106-104(115-91-51-26-18-43-73(91)79-55-59-83-81-57-53-77-71-41-16-24-49-89(71)111(66-33-10-3-11-34-66)95(77)97(81)113(99(83)101(79)115)67-35-12-4-13-36-67)108-105(107-103)116-92-52-27-19-44-74(92)80-56-60-84-82-58-54-78-72-42-17-25-50-90(72)112(96(78)98(82)114(100(84)102(80)116)68-37-14-5-15-38-68)70-40-28-39-69(61-70)110-88-48-23-21-46-76(88)86-62-93-85(63-94(86)110)75-45-20-22-47-87(75)109(93)65-31-8-2-9-32-65/h1-63,105H/q-1. The van der Waals surface area contributed by atoms with Crippen molar-refractivity contribution in [2.75, 3.05) is 0 Å². The molecule has 1 aliphatic rings. The van der Waals surface area contributed by atoms with E-state index in [0.717, 1.165) is 165 Å². The van der Waals surface area contributed by atoms with Crippen LogP contribution in [-0.4, -0.2) is 48.3 Å². The summed E-state index contributed by atoms with van der Waals surface area (Å²) < 4.78 is 19.7. The summed E-state index contributed by atoms with van der Waals surface area (Å²) in [4.78, 5) is 11.6. The van der Waals surface area contributed by atoms with Gasteiger partial charge in [-0.2, -0.15) is 0 Å². The molecule has 11 nitrogen and oxygen atoms in total. The van der Waals surface area contributed by atoms with Gasteiger partial charge in [0.05, 0.1) is 83.1 Å². The lowest BCUT2D eigenvalue weighted by molar-refractivity contribution is 0.656. The molecule has 1 unspecified atom stereocenters. The molecule has 0 aliphatic carbocycles. The number of para-hydroxylation sites is 10. The first-order valence-electron chi connectivity index (χ1n) is 39.7. The lowest BCUT2D eigenvalue weighted by Gasteiger charge is -2.33. The van der Waals surface area contributed by atoms with Crippen molar-refractivity contribution < 1.29 is 0 Å². The summed E-state index contributed by atoms with van der Waals surface area (Å²) >= 11 is 0. The second kappa shape index (κ2) is 23.9. The van der Waals surface area contributed by atoms with Gasteiger partial charge in [-0.1, -0.05) is 273 Å². The van der Waals surface area contributed by atoms with Gasteiger partial charge in [-0.15, -0.1) is 0 Å². The Balaban J connectivity index is 0.731. The van der Waals surface area contributed by atoms with Crippen LogP contribution >= 0.6 is 0 Å². The van der Waals surface area contributed by atoms with Gasteiger partial charge in [0.25, 0.3) is 0 Å². The third-order valence-corrected chi connectivity index (χ3v) is 24.8. The molecule has 0 radical (unpaired) electrons. The summed E-state index contributed by atoms with van der Waals surface area (Å²) in [6, 6.07) is 140. The van der Waals surface area contributed by atoms with Gasteiger partial charge in [-0.05, 0) is 125 Å². The Labute approximate surface area is 662 Å². The van der Waals surface area contributed by atoms with Crippen LogP contribution in [0.15, 0.2) is 392 Å². The Morgan fingerprint density at radius 3 is 0.905 bits per heavy atom. The Morgan fingerprint density at radius 1 is 0.190 bits per heavy atom. The maximum Gasteiger partial charge on any atom is 0.165 e. The zero-order valence-electron chi connectivity index (χ0n) is 62.4. The predicted octanol–water partition coefficient (Wildman–Crippen LogP) is 26.7. The number of fused-ring (bicyclic) bond motifs is 28. The molecule has 26 rings (SSSR count). The summed E-state index contributed by atoms with van der Waals surface area (Å²) in [5.74, 6) is 1.10. The van der Waals surface area contributed by atoms with Crippen LogP contribution in [0.25, 0.3) is 214 Å². The molecule has 8 aromatic heterocycles. The van der Waals surface area contributed by atoms with E-state index in [1.807, 2.05) is 0 Å². The highest BCUT2D eigenvalue weighted by Crippen LogP contribution is 2.51. The Kier molecular flexibility index (Phi) is 13.0. The molecular weight excluding hydrogens is 1420 g/mol. The van der Waals surface area contributed by atoms with Gasteiger partial charge in [0.15, 0.2) is 6.29 Å². The van der Waals surface area contributed by atoms with Crippen LogP contribution in [0.5, 0.6) is 0 Å². The quantitative estimate of drug-likeness (QED) is 0.145. The molecule has 116 heavy (non-hydrogen) atoms. The first-order valence-corrected chi connectivity index (χ1v) is 39.7. The van der Waals surface area contributed by atoms with Crippen LogP contribution in [0.2, 0.25) is 0 Å². The van der Waals surface area contributed by atoms with Gasteiger partial charge in [0, 0.05) is 127 Å². The molecule has 1 aliphatic heterocycles. The Morgan fingerprint density at radius 2 is 0.466 bits per heavy atom. The highest BCUT2D eigenvalue weighted by Gasteiger charge is 2.31. The first kappa shape index (κ1) is 63.0. The summed E-state index contributed by atoms with van der Waals surface area (Å²) in [6.45, 7) is 0. The van der Waals surface area contributed by atoms with Gasteiger partial charge in [0.1, 0.15) is 0 Å². The van der Waals surface area contributed by atoms with Crippen LogP contribution in [0.4, 0.5) is 0 Å². The van der Waals surface area contributed by atoms with Gasteiger partial charge >= 0.3 is 0 Å². The van der Waals surface area contributed by atoms with Crippen molar-refractivity contribution in [3.8, 4) is 34.1 Å². The minimum Gasteiger partial charge on any atom is -0.365 e. The smallest absolute Gasteiger partial charge is 0.165 e. The third kappa shape index (κ3) is 8.63. The van der Waals surface area contributed by atoms with Crippen molar-refractivity contribution >= 4 is 186 Å². The largest absolute Gasteiger partial charge is 0.365 e. The molecule has 9 heterocycles. The molecule has 11 heteroatoms. The molecule has 0 saturated carbocycles. The molecule has 0 spiro atoms. The Hall–Kier alpha value is -15.7. The lowest BCUT2D eigenvalue weighted by Crippen LogP contribution is -2.23. The fourth-order valence-electron chi connectivity index (χ4n) is 20.1. The SMILES string of the molecule is c1ccc(C2=NC(n3c4ccccc4c4ccc5c6ccc7c8ccccc8n(-c8cccc(-n9c%10ccccc%10c%10cc%11c(cc%109)c9ccccc9n%11-c9ccccc9)c8)c7c6n(-c6ccccc6)c5c43)[N-]C(n3c4ccccc4c4ccc5c6ccc7c8ccccc8n(-c8ccccc8)c7c6n(-c6ccccc6)c5c43)=N2)cc1. The zero-order valence-corrected chi connectivity index (χ0v) is 62.4. The molecule has 540 valence electrons. The maximum atomic E-state index is 6.10. The molecule has 0 amide bonds. The van der Waals surface area contributed by atoms with E-state index in [2.05, 4.69) is 419 Å². The van der Waals surface area contributed by atoms with E-state index in [1.165, 1.54) is 48.7 Å². The van der Waals surface area contributed by atoms with Crippen molar-refractivity contribution in [3.63, 3.8) is 0 Å². The summed E-state index contributed by atoms with van der Waals surface area (Å²) in [7, 11) is 0. The van der Waals surface area contributed by atoms with Crippen molar-refractivity contribution in [1.82, 2.24) is 36.5 Å². The van der Waals surface area contributed by atoms with E-state index in [1.54, 1.807) is 0 Å². The number of aliphatic imine (C=N–C) groups is 2. The number of rotatable bonds is 8. The number of hydrogen-bond acceptors (Lipinski definition) is 2. The monoisotopic (exact) mass is 1480 g/mol.